The summed E-state index contributed by atoms with van der Waals surface area (Å²) in [6.45, 7) is 4.40. The Morgan fingerprint density at radius 2 is 1.95 bits per heavy atom. The quantitative estimate of drug-likeness (QED) is 0.776. The molecule has 21 heavy (non-hydrogen) atoms. The normalized spacial score (nSPS) is 10.5. The lowest BCUT2D eigenvalue weighted by Crippen LogP contribution is -2.26. The van der Waals surface area contributed by atoms with Crippen LogP contribution in [0.2, 0.25) is 0 Å². The minimum atomic E-state index is -0.227. The van der Waals surface area contributed by atoms with Crippen molar-refractivity contribution in [3.63, 3.8) is 0 Å². The summed E-state index contributed by atoms with van der Waals surface area (Å²) in [4.78, 5) is 12.2. The number of rotatable bonds is 4. The van der Waals surface area contributed by atoms with Crippen LogP contribution < -0.4 is 5.32 Å². The number of carbonyl (C=O) groups excluding carboxylic acids is 1. The molecule has 0 spiro atoms. The Kier molecular flexibility index (Phi) is 5.33. The smallest absolute Gasteiger partial charge is 0.252 e. The van der Waals surface area contributed by atoms with Gasteiger partial charge in [-0.2, -0.15) is 0 Å². The molecule has 2 aromatic rings. The van der Waals surface area contributed by atoms with Crippen LogP contribution in [0.15, 0.2) is 36.4 Å². The molecule has 4 heteroatoms. The monoisotopic (exact) mass is 397 g/mol. The van der Waals surface area contributed by atoms with E-state index in [1.165, 1.54) is 12.1 Å². The summed E-state index contributed by atoms with van der Waals surface area (Å²) in [7, 11) is 0. The number of hydrogen-bond donors (Lipinski definition) is 1. The number of amides is 1. The minimum absolute atomic E-state index is 0.0668. The number of nitrogens with one attached hydrogen (secondary N) is 1. The second-order valence-electron chi connectivity index (χ2n) is 5.01. The molecule has 0 saturated carbocycles. The molecule has 0 unspecified atom stereocenters. The predicted octanol–water partition coefficient (Wildman–Crippen LogP) is 4.02. The molecule has 2 aromatic carbocycles. The predicted molar refractivity (Wildman–Crippen MR) is 91.1 cm³/mol. The maximum Gasteiger partial charge on any atom is 0.252 e. The highest BCUT2D eigenvalue weighted by Gasteiger charge is 2.10. The third-order valence-corrected chi connectivity index (χ3v) is 4.85. The molecule has 0 atom stereocenters. The summed E-state index contributed by atoms with van der Waals surface area (Å²) < 4.78 is 14.0. The fourth-order valence-electron chi connectivity index (χ4n) is 2.17. The highest BCUT2D eigenvalue weighted by Crippen LogP contribution is 2.16. The zero-order valence-corrected chi connectivity index (χ0v) is 14.2. The van der Waals surface area contributed by atoms with Crippen LogP contribution in [0.25, 0.3) is 0 Å². The Morgan fingerprint density at radius 1 is 1.19 bits per heavy atom. The van der Waals surface area contributed by atoms with Crippen LogP contribution in [0.1, 0.15) is 27.0 Å². The zero-order chi connectivity index (χ0) is 15.4. The fraction of sp³-hybridized carbons (Fsp3) is 0.235. The van der Waals surface area contributed by atoms with E-state index in [-0.39, 0.29) is 11.7 Å². The van der Waals surface area contributed by atoms with E-state index in [0.717, 1.165) is 20.3 Å². The summed E-state index contributed by atoms with van der Waals surface area (Å²) in [6.07, 6.45) is 0.695. The summed E-state index contributed by atoms with van der Waals surface area (Å²) in [5.74, 6) is -0.294. The van der Waals surface area contributed by atoms with Crippen molar-refractivity contribution in [1.82, 2.24) is 5.32 Å². The van der Waals surface area contributed by atoms with Gasteiger partial charge in [0.05, 0.1) is 5.56 Å². The molecular weight excluding hydrogens is 380 g/mol. The molecule has 0 bridgehead atoms. The molecule has 0 aliphatic heterocycles. The lowest BCUT2D eigenvalue weighted by molar-refractivity contribution is 0.0953. The van der Waals surface area contributed by atoms with E-state index in [9.17, 15) is 9.18 Å². The maximum atomic E-state index is 13.0. The Bertz CT molecular complexity index is 670. The van der Waals surface area contributed by atoms with E-state index in [2.05, 4.69) is 27.9 Å². The van der Waals surface area contributed by atoms with Crippen molar-refractivity contribution in [2.24, 2.45) is 0 Å². The molecule has 0 radical (unpaired) electrons. The van der Waals surface area contributed by atoms with Crippen LogP contribution in [0, 0.1) is 23.2 Å². The molecule has 0 heterocycles. The number of aryl methyl sites for hydroxylation is 2. The van der Waals surface area contributed by atoms with Crippen molar-refractivity contribution in [3.8, 4) is 0 Å². The third-order valence-electron chi connectivity index (χ3n) is 3.42. The van der Waals surface area contributed by atoms with Gasteiger partial charge in [-0.1, -0.05) is 18.2 Å². The van der Waals surface area contributed by atoms with E-state index in [1.54, 1.807) is 6.07 Å². The van der Waals surface area contributed by atoms with Gasteiger partial charge >= 0.3 is 0 Å². The first-order valence-electron chi connectivity index (χ1n) is 6.77. The zero-order valence-electron chi connectivity index (χ0n) is 12.0. The standard InChI is InChI=1S/C17H17FINO/c1-11-4-3-5-15(16(11)19)17(21)20-9-8-13-6-7-14(18)10-12(13)2/h3-7,10H,8-9H2,1-2H3,(H,20,21). The van der Waals surface area contributed by atoms with Gasteiger partial charge in [-0.15, -0.1) is 0 Å². The van der Waals surface area contributed by atoms with Crippen LogP contribution >= 0.6 is 22.6 Å². The molecular formula is C17H17FINO. The molecule has 0 aliphatic carbocycles. The van der Waals surface area contributed by atoms with Gasteiger partial charge in [-0.25, -0.2) is 4.39 Å². The van der Waals surface area contributed by atoms with Gasteiger partial charge in [-0.3, -0.25) is 4.79 Å². The average Bonchev–Trinajstić information content (AvgIpc) is 2.44. The van der Waals surface area contributed by atoms with Gasteiger partial charge in [0, 0.05) is 10.1 Å². The Morgan fingerprint density at radius 3 is 2.67 bits per heavy atom. The van der Waals surface area contributed by atoms with E-state index in [0.29, 0.717) is 18.5 Å². The molecule has 2 nitrogen and oxygen atoms in total. The summed E-state index contributed by atoms with van der Waals surface area (Å²) in [6, 6.07) is 10.4. The SMILES string of the molecule is Cc1cc(F)ccc1CCNC(=O)c1cccc(C)c1I. The van der Waals surface area contributed by atoms with Gasteiger partial charge in [0.2, 0.25) is 0 Å². The van der Waals surface area contributed by atoms with E-state index in [4.69, 9.17) is 0 Å². The van der Waals surface area contributed by atoms with E-state index in [1.807, 2.05) is 32.0 Å². The number of hydrogen-bond acceptors (Lipinski definition) is 1. The second kappa shape index (κ2) is 7.02. The molecule has 2 rings (SSSR count). The van der Waals surface area contributed by atoms with E-state index < -0.39 is 0 Å². The van der Waals surface area contributed by atoms with Crippen molar-refractivity contribution < 1.29 is 9.18 Å². The van der Waals surface area contributed by atoms with Gasteiger partial charge in [0.15, 0.2) is 0 Å². The summed E-state index contributed by atoms with van der Waals surface area (Å²) >= 11 is 2.19. The fourth-order valence-corrected chi connectivity index (χ4v) is 2.77. The minimum Gasteiger partial charge on any atom is -0.352 e. The molecule has 110 valence electrons. The van der Waals surface area contributed by atoms with Crippen LogP contribution in [-0.2, 0) is 6.42 Å². The maximum absolute atomic E-state index is 13.0. The van der Waals surface area contributed by atoms with Crippen molar-refractivity contribution >= 4 is 28.5 Å². The van der Waals surface area contributed by atoms with Gasteiger partial charge < -0.3 is 5.32 Å². The first kappa shape index (κ1) is 15.9. The topological polar surface area (TPSA) is 29.1 Å². The lowest BCUT2D eigenvalue weighted by Gasteiger charge is -2.10. The highest BCUT2D eigenvalue weighted by atomic mass is 127. The average molecular weight is 397 g/mol. The Labute approximate surface area is 137 Å². The highest BCUT2D eigenvalue weighted by molar-refractivity contribution is 14.1. The molecule has 0 aliphatic rings. The van der Waals surface area contributed by atoms with Crippen LogP contribution in [0.3, 0.4) is 0 Å². The summed E-state index contributed by atoms with van der Waals surface area (Å²) in [5.41, 5.74) is 3.76. The summed E-state index contributed by atoms with van der Waals surface area (Å²) in [5, 5.41) is 2.92. The second-order valence-corrected chi connectivity index (χ2v) is 6.09. The molecule has 1 amide bonds. The molecule has 0 aromatic heterocycles. The molecule has 0 fully saturated rings. The first-order chi connectivity index (χ1) is 9.99. The van der Waals surface area contributed by atoms with Crippen molar-refractivity contribution in [2.45, 2.75) is 20.3 Å². The first-order valence-corrected chi connectivity index (χ1v) is 7.85. The molecule has 0 saturated heterocycles. The van der Waals surface area contributed by atoms with Crippen LogP contribution in [-0.4, -0.2) is 12.5 Å². The van der Waals surface area contributed by atoms with Gasteiger partial charge in [0.1, 0.15) is 5.82 Å². The van der Waals surface area contributed by atoms with Crippen molar-refractivity contribution in [3.05, 3.63) is 68.0 Å². The van der Waals surface area contributed by atoms with Gasteiger partial charge in [-0.05, 0) is 77.7 Å². The van der Waals surface area contributed by atoms with Gasteiger partial charge in [0.25, 0.3) is 5.91 Å². The number of benzene rings is 2. The lowest BCUT2D eigenvalue weighted by atomic mass is 10.1. The molecule has 1 N–H and O–H groups in total. The van der Waals surface area contributed by atoms with Crippen molar-refractivity contribution in [2.75, 3.05) is 6.54 Å². The van der Waals surface area contributed by atoms with Crippen LogP contribution in [0.5, 0.6) is 0 Å². The van der Waals surface area contributed by atoms with E-state index >= 15 is 0 Å². The number of carbonyl (C=O) groups is 1. The Balaban J connectivity index is 1.97. The van der Waals surface area contributed by atoms with Crippen molar-refractivity contribution in [1.29, 1.82) is 0 Å². The number of halogens is 2. The van der Waals surface area contributed by atoms with Crippen LogP contribution in [0.4, 0.5) is 4.39 Å². The Hall–Kier alpha value is -1.43. The third kappa shape index (κ3) is 4.03. The largest absolute Gasteiger partial charge is 0.352 e.